The number of benzene rings is 4. The topological polar surface area (TPSA) is 71.4 Å². The van der Waals surface area contributed by atoms with Gasteiger partial charge in [0, 0.05) is 16.7 Å². The molecule has 4 aromatic carbocycles. The van der Waals surface area contributed by atoms with E-state index in [9.17, 15) is 90.4 Å². The van der Waals surface area contributed by atoms with E-state index in [1.54, 1.807) is 0 Å². The molecule has 0 spiro atoms. The van der Waals surface area contributed by atoms with Gasteiger partial charge in [0.1, 0.15) is 34.9 Å². The molecule has 0 heterocycles. The van der Waals surface area contributed by atoms with Crippen molar-refractivity contribution in [2.45, 2.75) is 18.5 Å². The van der Waals surface area contributed by atoms with Gasteiger partial charge in [-0.1, -0.05) is 0 Å². The van der Waals surface area contributed by atoms with Gasteiger partial charge in [-0.15, -0.1) is 0 Å². The van der Waals surface area contributed by atoms with Crippen LogP contribution in [0.25, 0.3) is 27.8 Å². The Labute approximate surface area is 333 Å². The maximum atomic E-state index is 15.8. The van der Waals surface area contributed by atoms with E-state index in [0.717, 1.165) is 0 Å². The molecule has 1 aliphatic rings. The van der Waals surface area contributed by atoms with Crippen molar-refractivity contribution in [2.24, 2.45) is 0 Å². The predicted octanol–water partition coefficient (Wildman–Crippen LogP) is 12.9. The number of hydrogen-bond donors (Lipinski definition) is 0. The maximum absolute atomic E-state index is 15.8. The zero-order valence-corrected chi connectivity index (χ0v) is 28.8. The molecule has 1 fully saturated rings. The molecule has 4 aromatic rings. The van der Waals surface area contributed by atoms with Crippen LogP contribution in [0.15, 0.2) is 16.7 Å². The molecule has 1 aliphatic carbocycles. The van der Waals surface area contributed by atoms with Crippen molar-refractivity contribution in [2.75, 3.05) is 0 Å². The zero-order chi connectivity index (χ0) is 48.9. The van der Waals surface area contributed by atoms with Gasteiger partial charge < -0.3 is 0 Å². The maximum Gasteiger partial charge on any atom is 0.422 e. The molecule has 334 valence electrons. The number of halogens is 25. The SMILES string of the molecule is N#CC(=C1C(=C(C#N)c2c(F)c(F)c(C(F)(F)F)c(F)c2F)C1=C(C#N)c1c(F)c(F)c(C(F)(F)F)c(F)c1F)c1c(F)c(F)c(-c2c(F)c(F)c(C(F)(F)F)c(F)c2F)c(F)c1F. The van der Waals surface area contributed by atoms with Crippen molar-refractivity contribution < 1.29 is 110 Å². The molecule has 0 atom stereocenters. The van der Waals surface area contributed by atoms with Crippen LogP contribution in [0, 0.1) is 127 Å². The normalized spacial score (nSPS) is 14.6. The van der Waals surface area contributed by atoms with E-state index in [1.807, 2.05) is 0 Å². The second-order valence-electron chi connectivity index (χ2n) is 12.1. The van der Waals surface area contributed by atoms with Gasteiger partial charge in [-0.25, -0.2) is 70.2 Å². The van der Waals surface area contributed by atoms with Gasteiger partial charge in [-0.2, -0.15) is 55.3 Å². The lowest BCUT2D eigenvalue weighted by Gasteiger charge is -2.16. The minimum absolute atomic E-state index is 0.541. The fourth-order valence-electron chi connectivity index (χ4n) is 6.02. The number of nitrogens with zero attached hydrogens (tertiary/aromatic N) is 3. The summed E-state index contributed by atoms with van der Waals surface area (Å²) in [6.45, 7) is 0. The molecular weight excluding hydrogens is 949 g/mol. The zero-order valence-electron chi connectivity index (χ0n) is 28.8. The molecule has 0 unspecified atom stereocenters. The number of alkyl halides is 9. The monoisotopic (exact) mass is 949 g/mol. The van der Waals surface area contributed by atoms with Crippen LogP contribution in [0.3, 0.4) is 0 Å². The highest BCUT2D eigenvalue weighted by Gasteiger charge is 2.50. The molecule has 5 rings (SSSR count). The lowest BCUT2D eigenvalue weighted by molar-refractivity contribution is -0.144. The lowest BCUT2D eigenvalue weighted by Crippen LogP contribution is -2.17. The number of rotatable bonds is 4. The van der Waals surface area contributed by atoms with E-state index in [-0.39, 0.29) is 0 Å². The molecule has 0 amide bonds. The van der Waals surface area contributed by atoms with Gasteiger partial charge in [0.25, 0.3) is 0 Å². The Morgan fingerprint density at radius 2 is 0.422 bits per heavy atom. The molecule has 0 aromatic heterocycles. The first kappa shape index (κ1) is 47.9. The molecular formula is C36F25N3. The predicted molar refractivity (Wildman–Crippen MR) is 157 cm³/mol. The summed E-state index contributed by atoms with van der Waals surface area (Å²) in [5, 5.41) is 29.5. The third kappa shape index (κ3) is 6.98. The molecule has 64 heavy (non-hydrogen) atoms. The van der Waals surface area contributed by atoms with E-state index in [1.165, 1.54) is 0 Å². The Bertz CT molecular complexity index is 2800. The first-order chi connectivity index (χ1) is 29.3. The van der Waals surface area contributed by atoms with Crippen LogP contribution in [0.5, 0.6) is 0 Å². The van der Waals surface area contributed by atoms with Crippen LogP contribution in [-0.4, -0.2) is 0 Å². The average Bonchev–Trinajstić information content (AvgIpc) is 3.90. The summed E-state index contributed by atoms with van der Waals surface area (Å²) < 4.78 is 359. The van der Waals surface area contributed by atoms with Gasteiger partial charge in [-0.3, -0.25) is 0 Å². The quantitative estimate of drug-likeness (QED) is 0.116. The number of allylic oxidation sites excluding steroid dienone is 6. The Balaban J connectivity index is 2.06. The van der Waals surface area contributed by atoms with Crippen LogP contribution in [0.4, 0.5) is 110 Å². The molecule has 0 N–H and O–H groups in total. The van der Waals surface area contributed by atoms with Crippen molar-refractivity contribution >= 4 is 16.7 Å². The summed E-state index contributed by atoms with van der Waals surface area (Å²) in [7, 11) is 0. The fraction of sp³-hybridized carbons (Fsp3) is 0.0833. The summed E-state index contributed by atoms with van der Waals surface area (Å²) in [6.07, 6.45) is -19.0. The smallest absolute Gasteiger partial charge is 0.203 e. The Morgan fingerprint density at radius 1 is 0.266 bits per heavy atom. The second kappa shape index (κ2) is 15.6. The summed E-state index contributed by atoms with van der Waals surface area (Å²) >= 11 is 0. The van der Waals surface area contributed by atoms with Crippen LogP contribution in [-0.2, 0) is 18.5 Å². The first-order valence-electron chi connectivity index (χ1n) is 15.4. The highest BCUT2D eigenvalue weighted by molar-refractivity contribution is 6.12. The van der Waals surface area contributed by atoms with Crippen molar-refractivity contribution in [3.05, 3.63) is 143 Å². The minimum atomic E-state index is -6.35. The Hall–Kier alpha value is -7.18. The highest BCUT2D eigenvalue weighted by Crippen LogP contribution is 2.58. The Kier molecular flexibility index (Phi) is 11.6. The fourth-order valence-corrected chi connectivity index (χ4v) is 6.02. The molecule has 28 heteroatoms. The summed E-state index contributed by atoms with van der Waals surface area (Å²) in [4.78, 5) is 0. The van der Waals surface area contributed by atoms with Gasteiger partial charge in [0.05, 0.1) is 44.5 Å². The molecule has 3 nitrogen and oxygen atoms in total. The van der Waals surface area contributed by atoms with Crippen LogP contribution in [0.2, 0.25) is 0 Å². The standard InChI is InChI=1S/C36F25N3/c37-18-10(19(38)25(44)13(24(18)43)14-26(45)32(51)17(36(59,60)61)33(52)27(14)46)4(1-62)7-8(5(2-63)11-20(39)28(47)15(34(53,54)55)29(48)21(11)40)9(7)6(3-64)12-22(41)30(49)16(35(56,57)58)31(50)23(12)42. The van der Waals surface area contributed by atoms with Gasteiger partial charge in [0.2, 0.25) is 0 Å². The van der Waals surface area contributed by atoms with Gasteiger partial charge in [-0.05, 0) is 0 Å². The summed E-state index contributed by atoms with van der Waals surface area (Å²) in [5.41, 5.74) is -37.9. The van der Waals surface area contributed by atoms with Crippen molar-refractivity contribution in [1.29, 1.82) is 15.8 Å². The van der Waals surface area contributed by atoms with Gasteiger partial charge >= 0.3 is 18.5 Å². The lowest BCUT2D eigenvalue weighted by atomic mass is 9.94. The van der Waals surface area contributed by atoms with E-state index in [2.05, 4.69) is 0 Å². The second-order valence-corrected chi connectivity index (χ2v) is 12.1. The van der Waals surface area contributed by atoms with E-state index >= 15 is 35.1 Å². The van der Waals surface area contributed by atoms with Crippen LogP contribution in [0.1, 0.15) is 33.4 Å². The van der Waals surface area contributed by atoms with Crippen LogP contribution >= 0.6 is 0 Å². The van der Waals surface area contributed by atoms with Crippen molar-refractivity contribution in [1.82, 2.24) is 0 Å². The molecule has 0 saturated heterocycles. The average molecular weight is 949 g/mol. The number of hydrogen-bond acceptors (Lipinski definition) is 3. The van der Waals surface area contributed by atoms with E-state index < -0.39 is 190 Å². The minimum Gasteiger partial charge on any atom is -0.203 e. The molecule has 0 radical (unpaired) electrons. The van der Waals surface area contributed by atoms with Gasteiger partial charge in [0.15, 0.2) is 93.1 Å². The molecule has 1 saturated carbocycles. The summed E-state index contributed by atoms with van der Waals surface area (Å²) in [5.74, 6) is -54.3. The van der Waals surface area contributed by atoms with Crippen LogP contribution < -0.4 is 0 Å². The first-order valence-corrected chi connectivity index (χ1v) is 15.4. The van der Waals surface area contributed by atoms with Crippen molar-refractivity contribution in [3.63, 3.8) is 0 Å². The van der Waals surface area contributed by atoms with E-state index in [0.29, 0.717) is 18.2 Å². The molecule has 0 bridgehead atoms. The largest absolute Gasteiger partial charge is 0.422 e. The summed E-state index contributed by atoms with van der Waals surface area (Å²) in [6, 6.07) is 1.62. The Morgan fingerprint density at radius 3 is 0.594 bits per heavy atom. The third-order valence-electron chi connectivity index (χ3n) is 8.68. The highest BCUT2D eigenvalue weighted by atomic mass is 19.4. The molecule has 0 aliphatic heterocycles. The third-order valence-corrected chi connectivity index (χ3v) is 8.68. The number of nitriles is 3. The van der Waals surface area contributed by atoms with Crippen molar-refractivity contribution in [3.8, 4) is 29.3 Å². The van der Waals surface area contributed by atoms with E-state index in [4.69, 9.17) is 0 Å².